The number of thiazole rings is 1. The third kappa shape index (κ3) is 7.77. The van der Waals surface area contributed by atoms with E-state index in [9.17, 15) is 14.7 Å². The Morgan fingerprint density at radius 3 is 2.33 bits per heavy atom. The molecule has 2 N–H and O–H groups in total. The van der Waals surface area contributed by atoms with Crippen LogP contribution in [0, 0.1) is 12.8 Å². The van der Waals surface area contributed by atoms with Gasteiger partial charge in [-0.15, -0.1) is 11.3 Å². The number of nitrogens with zero attached hydrogens (tertiary/aromatic N) is 5. The summed E-state index contributed by atoms with van der Waals surface area (Å²) in [5.74, 6) is -0.0278. The number of β-amino-alcohol motifs (C(OH)–C–C–N with tert-alkyl or cyclic N) is 1. The molecule has 3 aliphatic heterocycles. The Bertz CT molecular complexity index is 1530. The lowest BCUT2D eigenvalue weighted by atomic mass is 9.91. The molecule has 3 saturated heterocycles. The number of carbonyl (C=O) groups is 2. The smallest absolute Gasteiger partial charge is 0.243 e. The minimum absolute atomic E-state index is 0.100. The summed E-state index contributed by atoms with van der Waals surface area (Å²) in [5, 5.41) is 18.1. The predicted octanol–water partition coefficient (Wildman–Crippen LogP) is 4.76. The zero-order valence-corrected chi connectivity index (χ0v) is 29.6. The lowest BCUT2D eigenvalue weighted by Crippen LogP contribution is -2.48. The summed E-state index contributed by atoms with van der Waals surface area (Å²) < 4.78 is 12.3. The molecule has 48 heavy (non-hydrogen) atoms. The number of anilines is 1. The van der Waals surface area contributed by atoms with Crippen LogP contribution in [0.2, 0.25) is 0 Å². The summed E-state index contributed by atoms with van der Waals surface area (Å²) in [4.78, 5) is 39.3. The van der Waals surface area contributed by atoms with Gasteiger partial charge in [0.15, 0.2) is 11.6 Å². The molecule has 11 nitrogen and oxygen atoms in total. The molecule has 0 spiro atoms. The SMILES string of the molecule is Cc1ncsc1-c1ccc([C@H](C)NC(=O)[C@@H]2C[C@@H](O)CN2C(=O)[C@H](c2cc(N3CCC(OC4CCN(C)CC4)CC3)no2)C(C)C)cc1. The lowest BCUT2D eigenvalue weighted by Gasteiger charge is -2.36. The van der Waals surface area contributed by atoms with Crippen LogP contribution in [0.3, 0.4) is 0 Å². The summed E-state index contributed by atoms with van der Waals surface area (Å²) in [5.41, 5.74) is 4.88. The van der Waals surface area contributed by atoms with Crippen molar-refractivity contribution >= 4 is 29.0 Å². The molecule has 1 aromatic carbocycles. The van der Waals surface area contributed by atoms with E-state index in [0.29, 0.717) is 11.9 Å². The molecular weight excluding hydrogens is 629 g/mol. The summed E-state index contributed by atoms with van der Waals surface area (Å²) in [7, 11) is 2.16. The van der Waals surface area contributed by atoms with E-state index in [1.165, 1.54) is 4.90 Å². The number of aliphatic hydroxyl groups is 1. The Morgan fingerprint density at radius 2 is 1.71 bits per heavy atom. The summed E-state index contributed by atoms with van der Waals surface area (Å²) in [6.07, 6.45) is 4.05. The molecule has 6 rings (SSSR count). The number of benzene rings is 1. The van der Waals surface area contributed by atoms with Crippen molar-refractivity contribution in [2.75, 3.05) is 44.7 Å². The number of likely N-dealkylation sites (tertiary alicyclic amines) is 2. The summed E-state index contributed by atoms with van der Waals surface area (Å²) in [6.45, 7) is 11.8. The number of aromatic nitrogens is 2. The van der Waals surface area contributed by atoms with Gasteiger partial charge in [0.25, 0.3) is 0 Å². The highest BCUT2D eigenvalue weighted by atomic mass is 32.1. The van der Waals surface area contributed by atoms with E-state index in [1.54, 1.807) is 11.3 Å². The zero-order valence-electron chi connectivity index (χ0n) is 28.8. The van der Waals surface area contributed by atoms with Gasteiger partial charge < -0.3 is 34.4 Å². The second-order valence-electron chi connectivity index (χ2n) is 14.1. The second-order valence-corrected chi connectivity index (χ2v) is 15.0. The highest BCUT2D eigenvalue weighted by Crippen LogP contribution is 2.34. The van der Waals surface area contributed by atoms with E-state index in [0.717, 1.165) is 79.4 Å². The van der Waals surface area contributed by atoms with Gasteiger partial charge >= 0.3 is 0 Å². The number of amides is 2. The molecule has 4 atom stereocenters. The van der Waals surface area contributed by atoms with E-state index in [-0.39, 0.29) is 42.8 Å². The highest BCUT2D eigenvalue weighted by molar-refractivity contribution is 7.13. The maximum absolute atomic E-state index is 14.1. The average molecular weight is 679 g/mol. The van der Waals surface area contributed by atoms with E-state index >= 15 is 0 Å². The Kier molecular flexibility index (Phi) is 10.8. The minimum Gasteiger partial charge on any atom is -0.391 e. The van der Waals surface area contributed by atoms with Crippen LogP contribution in [0.25, 0.3) is 10.4 Å². The summed E-state index contributed by atoms with van der Waals surface area (Å²) >= 11 is 1.60. The van der Waals surface area contributed by atoms with Crippen molar-refractivity contribution in [2.24, 2.45) is 5.92 Å². The first kappa shape index (κ1) is 34.5. The number of hydrogen-bond donors (Lipinski definition) is 2. The first-order valence-corrected chi connectivity index (χ1v) is 18.3. The largest absolute Gasteiger partial charge is 0.391 e. The van der Waals surface area contributed by atoms with Crippen LogP contribution in [0.5, 0.6) is 0 Å². The Labute approximate surface area is 287 Å². The van der Waals surface area contributed by atoms with E-state index in [4.69, 9.17) is 9.26 Å². The van der Waals surface area contributed by atoms with Gasteiger partial charge in [-0.25, -0.2) is 4.98 Å². The third-order valence-corrected chi connectivity index (χ3v) is 11.2. The number of piperidine rings is 2. The van der Waals surface area contributed by atoms with Crippen molar-refractivity contribution in [2.45, 2.75) is 96.1 Å². The van der Waals surface area contributed by atoms with Crippen LogP contribution >= 0.6 is 11.3 Å². The van der Waals surface area contributed by atoms with Gasteiger partial charge in [0.2, 0.25) is 11.8 Å². The van der Waals surface area contributed by atoms with Crippen LogP contribution < -0.4 is 10.2 Å². The van der Waals surface area contributed by atoms with E-state index < -0.39 is 18.1 Å². The molecule has 0 radical (unpaired) electrons. The molecule has 260 valence electrons. The molecule has 2 aromatic heterocycles. The Hall–Kier alpha value is -3.32. The number of nitrogens with one attached hydrogen (secondary N) is 1. The molecule has 3 aromatic rings. The third-order valence-electron chi connectivity index (χ3n) is 10.2. The fourth-order valence-electron chi connectivity index (χ4n) is 7.30. The molecule has 0 aliphatic carbocycles. The molecule has 2 amide bonds. The van der Waals surface area contributed by atoms with Crippen LogP contribution in [-0.4, -0.2) is 101 Å². The number of rotatable bonds is 10. The quantitative estimate of drug-likeness (QED) is 0.312. The standard InChI is InChI=1S/C36H50N6O5S/c1-22(2)33(31-19-32(39-47-31)41-16-12-29(13-17-41)46-28-10-14-40(5)15-11-28)36(45)42-20-27(43)18-30(42)35(44)38-23(3)25-6-8-26(9-7-25)34-24(4)37-21-48-34/h6-9,19,21-23,27-30,33,43H,10-18,20H2,1-5H3,(H,38,44)/t23-,27+,30-,33-/m0/s1. The molecule has 0 unspecified atom stereocenters. The van der Waals surface area contributed by atoms with Crippen LogP contribution in [0.4, 0.5) is 5.82 Å². The van der Waals surface area contributed by atoms with Crippen LogP contribution in [0.1, 0.15) is 81.9 Å². The second kappa shape index (κ2) is 15.1. The van der Waals surface area contributed by atoms with Crippen molar-refractivity contribution in [3.05, 3.63) is 52.9 Å². The van der Waals surface area contributed by atoms with Crippen molar-refractivity contribution < 1.29 is 24.0 Å². The van der Waals surface area contributed by atoms with Gasteiger partial charge in [-0.1, -0.05) is 43.3 Å². The van der Waals surface area contributed by atoms with E-state index in [2.05, 4.69) is 32.3 Å². The molecule has 5 heterocycles. The zero-order chi connectivity index (χ0) is 33.9. The average Bonchev–Trinajstić information content (AvgIpc) is 3.83. The van der Waals surface area contributed by atoms with Gasteiger partial charge in [0, 0.05) is 45.2 Å². The number of carbonyl (C=O) groups excluding carboxylic acids is 2. The van der Waals surface area contributed by atoms with Crippen molar-refractivity contribution in [1.82, 2.24) is 25.3 Å². The van der Waals surface area contributed by atoms with Crippen LogP contribution in [-0.2, 0) is 14.3 Å². The number of aliphatic hydroxyl groups excluding tert-OH is 1. The van der Waals surface area contributed by atoms with Crippen molar-refractivity contribution in [3.63, 3.8) is 0 Å². The topological polar surface area (TPSA) is 124 Å². The van der Waals surface area contributed by atoms with Gasteiger partial charge in [-0.2, -0.15) is 0 Å². The molecule has 12 heteroatoms. The number of ether oxygens (including phenoxy) is 1. The minimum atomic E-state index is -0.780. The molecule has 0 saturated carbocycles. The molecule has 0 bridgehead atoms. The summed E-state index contributed by atoms with van der Waals surface area (Å²) in [6, 6.07) is 8.92. The first-order valence-electron chi connectivity index (χ1n) is 17.4. The van der Waals surface area contributed by atoms with Crippen molar-refractivity contribution in [3.8, 4) is 10.4 Å². The normalized spacial score (nSPS) is 22.7. The van der Waals surface area contributed by atoms with Gasteiger partial charge in [-0.3, -0.25) is 9.59 Å². The maximum Gasteiger partial charge on any atom is 0.243 e. The van der Waals surface area contributed by atoms with Gasteiger partial charge in [0.05, 0.1) is 40.4 Å². The molecular formula is C36H50N6O5S. The van der Waals surface area contributed by atoms with Gasteiger partial charge in [-0.05, 0) is 63.6 Å². The Morgan fingerprint density at radius 1 is 1.04 bits per heavy atom. The van der Waals surface area contributed by atoms with Gasteiger partial charge in [0.1, 0.15) is 12.0 Å². The number of hydrogen-bond acceptors (Lipinski definition) is 10. The highest BCUT2D eigenvalue weighted by Gasteiger charge is 2.43. The maximum atomic E-state index is 14.1. The molecule has 3 aliphatic rings. The Balaban J connectivity index is 1.07. The lowest BCUT2D eigenvalue weighted by molar-refractivity contribution is -0.141. The fraction of sp³-hybridized carbons (Fsp3) is 0.611. The van der Waals surface area contributed by atoms with E-state index in [1.807, 2.05) is 63.5 Å². The number of aryl methyl sites for hydroxylation is 1. The predicted molar refractivity (Wildman–Crippen MR) is 186 cm³/mol. The monoisotopic (exact) mass is 678 g/mol. The van der Waals surface area contributed by atoms with Crippen LogP contribution in [0.15, 0.2) is 40.4 Å². The molecule has 3 fully saturated rings. The fourth-order valence-corrected chi connectivity index (χ4v) is 8.12. The van der Waals surface area contributed by atoms with Crippen molar-refractivity contribution in [1.29, 1.82) is 0 Å². The first-order chi connectivity index (χ1) is 23.1.